The van der Waals surface area contributed by atoms with Crippen molar-refractivity contribution in [2.24, 2.45) is 0 Å². The van der Waals surface area contributed by atoms with Gasteiger partial charge in [0.1, 0.15) is 12.4 Å². The van der Waals surface area contributed by atoms with E-state index in [-0.39, 0.29) is 23.9 Å². The lowest BCUT2D eigenvalue weighted by molar-refractivity contribution is -0.114. The second-order valence-corrected chi connectivity index (χ2v) is 7.31. The van der Waals surface area contributed by atoms with Crippen molar-refractivity contribution in [3.05, 3.63) is 66.7 Å². The third-order valence-corrected chi connectivity index (χ3v) is 3.57. The van der Waals surface area contributed by atoms with Crippen LogP contribution < -0.4 is 20.7 Å². The van der Waals surface area contributed by atoms with Crippen LogP contribution in [0, 0.1) is 0 Å². The quantitative estimate of drug-likeness (QED) is 0.607. The van der Waals surface area contributed by atoms with E-state index in [4.69, 9.17) is 4.74 Å². The minimum Gasteiger partial charge on any atom is -0.490 e. The first kappa shape index (κ1) is 21.0. The summed E-state index contributed by atoms with van der Waals surface area (Å²) in [5, 5.41) is 8.76. The zero-order valence-electron chi connectivity index (χ0n) is 16.5. The van der Waals surface area contributed by atoms with Crippen LogP contribution in [0.4, 0.5) is 11.4 Å². The average Bonchev–Trinajstić information content (AvgIpc) is 2.65. The molecule has 28 heavy (non-hydrogen) atoms. The second kappa shape index (κ2) is 9.60. The second-order valence-electron chi connectivity index (χ2n) is 7.31. The fourth-order valence-corrected chi connectivity index (χ4v) is 2.36. The van der Waals surface area contributed by atoms with E-state index < -0.39 is 0 Å². The summed E-state index contributed by atoms with van der Waals surface area (Å²) in [5.74, 6) is 0.366. The topological polar surface area (TPSA) is 79.5 Å². The van der Waals surface area contributed by atoms with Crippen LogP contribution in [-0.4, -0.2) is 30.5 Å². The number of hydrogen-bond donors (Lipinski definition) is 3. The summed E-state index contributed by atoms with van der Waals surface area (Å²) in [5.41, 5.74) is 1.60. The number of hydrogen-bond acceptors (Lipinski definition) is 4. The molecule has 0 spiro atoms. The maximum atomic E-state index is 12.3. The average molecular weight is 381 g/mol. The summed E-state index contributed by atoms with van der Waals surface area (Å²) in [7, 11) is 0. The number of carbonyl (C=O) groups is 2. The first-order chi connectivity index (χ1) is 13.3. The van der Waals surface area contributed by atoms with Crippen molar-refractivity contribution < 1.29 is 14.3 Å². The van der Waals surface area contributed by atoms with Crippen molar-refractivity contribution in [1.29, 1.82) is 0 Å². The number of benzene rings is 2. The monoisotopic (exact) mass is 381 g/mol. The standard InChI is InChI=1S/C22H27N3O3/c1-5-13-28-19-11-9-17(10-12-19)24-20(26)15-23-18-8-6-7-16(14-18)21(27)25-22(2,3)4/h5-12,14,23H,1,13,15H2,2-4H3,(H,24,26)(H,25,27). The Hall–Kier alpha value is -3.28. The molecule has 2 aromatic carbocycles. The minimum absolute atomic E-state index is 0.0824. The first-order valence-corrected chi connectivity index (χ1v) is 9.07. The molecule has 2 amide bonds. The number of nitrogens with one attached hydrogen (secondary N) is 3. The predicted octanol–water partition coefficient (Wildman–Crippen LogP) is 3.83. The van der Waals surface area contributed by atoms with E-state index in [9.17, 15) is 9.59 Å². The van der Waals surface area contributed by atoms with Gasteiger partial charge in [-0.25, -0.2) is 0 Å². The highest BCUT2D eigenvalue weighted by Crippen LogP contribution is 2.16. The van der Waals surface area contributed by atoms with Crippen LogP contribution in [0.2, 0.25) is 0 Å². The highest BCUT2D eigenvalue weighted by atomic mass is 16.5. The molecule has 6 heteroatoms. The number of ether oxygens (including phenoxy) is 1. The largest absolute Gasteiger partial charge is 0.490 e. The van der Waals surface area contributed by atoms with Gasteiger partial charge in [0, 0.05) is 22.5 Å². The molecule has 6 nitrogen and oxygen atoms in total. The van der Waals surface area contributed by atoms with E-state index in [2.05, 4.69) is 22.5 Å². The van der Waals surface area contributed by atoms with Crippen molar-refractivity contribution in [3.8, 4) is 5.75 Å². The van der Waals surface area contributed by atoms with Crippen LogP contribution >= 0.6 is 0 Å². The Morgan fingerprint density at radius 2 is 1.79 bits per heavy atom. The Labute approximate surface area is 166 Å². The molecule has 0 saturated carbocycles. The molecule has 0 fully saturated rings. The maximum absolute atomic E-state index is 12.3. The Bertz CT molecular complexity index is 824. The number of carbonyl (C=O) groups excluding carboxylic acids is 2. The molecule has 0 aliphatic carbocycles. The van der Waals surface area contributed by atoms with Crippen molar-refractivity contribution in [1.82, 2.24) is 5.32 Å². The van der Waals surface area contributed by atoms with E-state index in [0.717, 1.165) is 0 Å². The Morgan fingerprint density at radius 3 is 2.43 bits per heavy atom. The molecule has 2 rings (SSSR count). The summed E-state index contributed by atoms with van der Waals surface area (Å²) in [6.07, 6.45) is 1.67. The van der Waals surface area contributed by atoms with Crippen molar-refractivity contribution in [2.45, 2.75) is 26.3 Å². The highest BCUT2D eigenvalue weighted by molar-refractivity contribution is 5.96. The number of rotatable bonds is 8. The van der Waals surface area contributed by atoms with Gasteiger partial charge in [-0.2, -0.15) is 0 Å². The molecule has 0 saturated heterocycles. The molecular weight excluding hydrogens is 354 g/mol. The first-order valence-electron chi connectivity index (χ1n) is 9.07. The Morgan fingerprint density at radius 1 is 1.07 bits per heavy atom. The zero-order chi connectivity index (χ0) is 20.6. The molecule has 3 N–H and O–H groups in total. The smallest absolute Gasteiger partial charge is 0.251 e. The van der Waals surface area contributed by atoms with E-state index >= 15 is 0 Å². The van der Waals surface area contributed by atoms with Gasteiger partial charge in [-0.1, -0.05) is 18.7 Å². The van der Waals surface area contributed by atoms with Gasteiger partial charge in [-0.05, 0) is 63.2 Å². The summed E-state index contributed by atoms with van der Waals surface area (Å²) in [4.78, 5) is 24.4. The summed E-state index contributed by atoms with van der Waals surface area (Å²) >= 11 is 0. The minimum atomic E-state index is -0.313. The molecule has 0 radical (unpaired) electrons. The summed E-state index contributed by atoms with van der Waals surface area (Å²) in [6, 6.07) is 14.2. The van der Waals surface area contributed by atoms with Crippen LogP contribution in [0.3, 0.4) is 0 Å². The molecule has 0 unspecified atom stereocenters. The summed E-state index contributed by atoms with van der Waals surface area (Å²) < 4.78 is 5.41. The van der Waals surface area contributed by atoms with E-state index in [1.54, 1.807) is 48.5 Å². The lowest BCUT2D eigenvalue weighted by Gasteiger charge is -2.20. The fourth-order valence-electron chi connectivity index (χ4n) is 2.36. The SMILES string of the molecule is C=CCOc1ccc(NC(=O)CNc2cccc(C(=O)NC(C)(C)C)c2)cc1. The molecule has 0 bridgehead atoms. The number of amides is 2. The lowest BCUT2D eigenvalue weighted by atomic mass is 10.1. The molecule has 0 aromatic heterocycles. The van der Waals surface area contributed by atoms with Gasteiger partial charge in [0.15, 0.2) is 0 Å². The Kier molecular flexibility index (Phi) is 7.21. The third-order valence-electron chi connectivity index (χ3n) is 3.57. The van der Waals surface area contributed by atoms with Crippen molar-refractivity contribution >= 4 is 23.2 Å². The lowest BCUT2D eigenvalue weighted by Crippen LogP contribution is -2.40. The predicted molar refractivity (Wildman–Crippen MR) is 113 cm³/mol. The molecule has 0 heterocycles. The van der Waals surface area contributed by atoms with Crippen molar-refractivity contribution in [3.63, 3.8) is 0 Å². The van der Waals surface area contributed by atoms with Gasteiger partial charge in [0.05, 0.1) is 6.54 Å². The van der Waals surface area contributed by atoms with E-state index in [1.807, 2.05) is 26.8 Å². The molecule has 148 valence electrons. The van der Waals surface area contributed by atoms with Gasteiger partial charge >= 0.3 is 0 Å². The molecular formula is C22H27N3O3. The van der Waals surface area contributed by atoms with Crippen LogP contribution in [0.15, 0.2) is 61.2 Å². The van der Waals surface area contributed by atoms with Crippen LogP contribution in [0.5, 0.6) is 5.75 Å². The van der Waals surface area contributed by atoms with Crippen LogP contribution in [0.1, 0.15) is 31.1 Å². The van der Waals surface area contributed by atoms with Gasteiger partial charge < -0.3 is 20.7 Å². The number of anilines is 2. The van der Waals surface area contributed by atoms with Crippen LogP contribution in [0.25, 0.3) is 0 Å². The Balaban J connectivity index is 1.88. The molecule has 0 atom stereocenters. The van der Waals surface area contributed by atoms with E-state index in [0.29, 0.717) is 29.3 Å². The molecule has 2 aromatic rings. The summed E-state index contributed by atoms with van der Waals surface area (Å²) in [6.45, 7) is 9.89. The van der Waals surface area contributed by atoms with Gasteiger partial charge in [-0.15, -0.1) is 0 Å². The molecule has 0 aliphatic rings. The van der Waals surface area contributed by atoms with Gasteiger partial charge in [-0.3, -0.25) is 9.59 Å². The third kappa shape index (κ3) is 7.15. The molecule has 0 aliphatic heterocycles. The fraction of sp³-hybridized carbons (Fsp3) is 0.273. The van der Waals surface area contributed by atoms with E-state index in [1.165, 1.54) is 0 Å². The van der Waals surface area contributed by atoms with Crippen molar-refractivity contribution in [2.75, 3.05) is 23.8 Å². The van der Waals surface area contributed by atoms with Crippen LogP contribution in [-0.2, 0) is 4.79 Å². The van der Waals surface area contributed by atoms with Gasteiger partial charge in [0.2, 0.25) is 5.91 Å². The van der Waals surface area contributed by atoms with Gasteiger partial charge in [0.25, 0.3) is 5.91 Å². The highest BCUT2D eigenvalue weighted by Gasteiger charge is 2.15. The zero-order valence-corrected chi connectivity index (χ0v) is 16.5. The normalized spacial score (nSPS) is 10.7. The maximum Gasteiger partial charge on any atom is 0.251 e.